The molecule has 0 unspecified atom stereocenters. The summed E-state index contributed by atoms with van der Waals surface area (Å²) in [7, 11) is 3.96. The molecule has 0 aliphatic carbocycles. The van der Waals surface area contributed by atoms with Gasteiger partial charge in [-0.1, -0.05) is 17.7 Å². The van der Waals surface area contributed by atoms with Gasteiger partial charge in [0, 0.05) is 36.3 Å². The molecule has 26 heavy (non-hydrogen) atoms. The van der Waals surface area contributed by atoms with Crippen LogP contribution < -0.4 is 10.1 Å². The van der Waals surface area contributed by atoms with E-state index in [4.69, 9.17) is 16.3 Å². The number of hydrogen-bond donors (Lipinski definition) is 1. The summed E-state index contributed by atoms with van der Waals surface area (Å²) in [6, 6.07) is 9.11. The van der Waals surface area contributed by atoms with Crippen LogP contribution in [-0.2, 0) is 13.0 Å². The molecule has 7 heteroatoms. The van der Waals surface area contributed by atoms with Crippen molar-refractivity contribution >= 4 is 23.3 Å². The minimum atomic E-state index is -0.197. The Hall–Kier alpha value is -2.31. The van der Waals surface area contributed by atoms with Gasteiger partial charge in [-0.15, -0.1) is 0 Å². The van der Waals surface area contributed by atoms with E-state index >= 15 is 0 Å². The second-order valence-corrected chi connectivity index (χ2v) is 6.95. The molecule has 2 heterocycles. The molecular formula is C19H23ClN4O2. The Morgan fingerprint density at radius 3 is 2.88 bits per heavy atom. The lowest BCUT2D eigenvalue weighted by molar-refractivity contribution is 0.201. The molecule has 3 rings (SSSR count). The number of amides is 2. The molecule has 0 bridgehead atoms. The van der Waals surface area contributed by atoms with E-state index in [1.807, 2.05) is 43.3 Å². The van der Waals surface area contributed by atoms with Crippen molar-refractivity contribution < 1.29 is 9.53 Å². The van der Waals surface area contributed by atoms with Crippen molar-refractivity contribution in [2.24, 2.45) is 0 Å². The maximum atomic E-state index is 12.9. The Bertz CT molecular complexity index is 768. The summed E-state index contributed by atoms with van der Waals surface area (Å²) in [5, 5.41) is 3.55. The van der Waals surface area contributed by atoms with Gasteiger partial charge in [-0.25, -0.2) is 4.79 Å². The molecular weight excluding hydrogens is 352 g/mol. The zero-order chi connectivity index (χ0) is 18.5. The van der Waals surface area contributed by atoms with Gasteiger partial charge in [0.2, 0.25) is 0 Å². The lowest BCUT2D eigenvalue weighted by Crippen LogP contribution is -2.39. The van der Waals surface area contributed by atoms with Gasteiger partial charge in [0.1, 0.15) is 5.75 Å². The quantitative estimate of drug-likeness (QED) is 0.843. The summed E-state index contributed by atoms with van der Waals surface area (Å²) in [4.78, 5) is 21.0. The van der Waals surface area contributed by atoms with E-state index in [2.05, 4.69) is 10.3 Å². The fraction of sp³-hybridized carbons (Fsp3) is 0.368. The molecule has 0 fully saturated rings. The van der Waals surface area contributed by atoms with Crippen LogP contribution in [0.5, 0.6) is 5.75 Å². The number of pyridine rings is 1. The van der Waals surface area contributed by atoms with Crippen molar-refractivity contribution in [2.45, 2.75) is 13.0 Å². The van der Waals surface area contributed by atoms with E-state index in [1.54, 1.807) is 17.2 Å². The molecule has 1 N–H and O–H groups in total. The monoisotopic (exact) mass is 374 g/mol. The Balaban J connectivity index is 1.77. The zero-order valence-electron chi connectivity index (χ0n) is 15.0. The smallest absolute Gasteiger partial charge is 0.322 e. The molecule has 1 aromatic carbocycles. The van der Waals surface area contributed by atoms with Crippen molar-refractivity contribution in [1.82, 2.24) is 14.8 Å². The molecule has 0 spiro atoms. The van der Waals surface area contributed by atoms with Crippen molar-refractivity contribution in [2.75, 3.05) is 39.1 Å². The minimum absolute atomic E-state index is 0.197. The summed E-state index contributed by atoms with van der Waals surface area (Å²) in [6.07, 6.45) is 2.53. The Morgan fingerprint density at radius 2 is 2.15 bits per heavy atom. The fourth-order valence-electron chi connectivity index (χ4n) is 2.82. The second-order valence-electron chi connectivity index (χ2n) is 6.52. The van der Waals surface area contributed by atoms with Crippen molar-refractivity contribution in [3.8, 4) is 5.75 Å². The number of anilines is 1. The molecule has 6 nitrogen and oxygen atoms in total. The third-order valence-corrected chi connectivity index (χ3v) is 4.39. The number of carbonyl (C=O) groups is 1. The van der Waals surface area contributed by atoms with E-state index in [0.717, 1.165) is 24.2 Å². The number of rotatable bonds is 6. The van der Waals surface area contributed by atoms with E-state index < -0.39 is 0 Å². The van der Waals surface area contributed by atoms with E-state index in [-0.39, 0.29) is 6.03 Å². The van der Waals surface area contributed by atoms with Gasteiger partial charge in [0.15, 0.2) is 0 Å². The lowest BCUT2D eigenvalue weighted by Gasteiger charge is -2.25. The number of likely N-dealkylation sites (N-methyl/N-ethyl adjacent to an activating group) is 1. The maximum absolute atomic E-state index is 12.9. The van der Waals surface area contributed by atoms with Crippen molar-refractivity contribution in [3.63, 3.8) is 0 Å². The van der Waals surface area contributed by atoms with E-state index in [9.17, 15) is 4.79 Å². The number of hydrogen-bond acceptors (Lipinski definition) is 4. The molecule has 1 aliphatic heterocycles. The number of nitrogens with zero attached hydrogens (tertiary/aromatic N) is 3. The number of ether oxygens (including phenoxy) is 1. The van der Waals surface area contributed by atoms with Crippen LogP contribution in [0.4, 0.5) is 10.5 Å². The van der Waals surface area contributed by atoms with Crippen LogP contribution in [0, 0.1) is 0 Å². The highest BCUT2D eigenvalue weighted by molar-refractivity contribution is 6.31. The largest absolute Gasteiger partial charge is 0.491 e. The number of halogens is 1. The number of nitrogens with one attached hydrogen (secondary N) is 1. The van der Waals surface area contributed by atoms with Crippen LogP contribution in [0.1, 0.15) is 11.3 Å². The highest BCUT2D eigenvalue weighted by atomic mass is 35.5. The Morgan fingerprint density at radius 1 is 1.31 bits per heavy atom. The average Bonchev–Trinajstić information content (AvgIpc) is 3.07. The molecule has 0 saturated heterocycles. The summed E-state index contributed by atoms with van der Waals surface area (Å²) in [5.74, 6) is 0.716. The van der Waals surface area contributed by atoms with Crippen LogP contribution in [0.15, 0.2) is 36.5 Å². The van der Waals surface area contributed by atoms with Gasteiger partial charge < -0.3 is 19.9 Å². The Kier molecular flexibility index (Phi) is 5.96. The zero-order valence-corrected chi connectivity index (χ0v) is 15.8. The van der Waals surface area contributed by atoms with Crippen LogP contribution in [0.25, 0.3) is 0 Å². The van der Waals surface area contributed by atoms with Crippen molar-refractivity contribution in [1.29, 1.82) is 0 Å². The predicted molar refractivity (Wildman–Crippen MR) is 103 cm³/mol. The minimum Gasteiger partial charge on any atom is -0.491 e. The van der Waals surface area contributed by atoms with Crippen LogP contribution in [0.2, 0.25) is 5.02 Å². The highest BCUT2D eigenvalue weighted by Gasteiger charge is 2.21. The fourth-order valence-corrected chi connectivity index (χ4v) is 3.06. The first-order valence-electron chi connectivity index (χ1n) is 8.58. The topological polar surface area (TPSA) is 57.7 Å². The molecule has 0 atom stereocenters. The van der Waals surface area contributed by atoms with E-state index in [1.165, 1.54) is 0 Å². The molecule has 2 amide bonds. The van der Waals surface area contributed by atoms with Gasteiger partial charge in [0.05, 0.1) is 24.5 Å². The van der Waals surface area contributed by atoms with Gasteiger partial charge >= 0.3 is 6.03 Å². The average molecular weight is 375 g/mol. The summed E-state index contributed by atoms with van der Waals surface area (Å²) in [6.45, 7) is 2.38. The summed E-state index contributed by atoms with van der Waals surface area (Å²) >= 11 is 6.19. The molecule has 2 aromatic rings. The molecule has 0 saturated carbocycles. The van der Waals surface area contributed by atoms with Crippen LogP contribution >= 0.6 is 11.6 Å². The predicted octanol–water partition coefficient (Wildman–Crippen LogP) is 3.27. The first-order valence-corrected chi connectivity index (χ1v) is 8.96. The number of fused-ring (bicyclic) bond motifs is 1. The van der Waals surface area contributed by atoms with Gasteiger partial charge in [0.25, 0.3) is 0 Å². The van der Waals surface area contributed by atoms with Crippen LogP contribution in [0.3, 0.4) is 0 Å². The third-order valence-electron chi connectivity index (χ3n) is 4.17. The van der Waals surface area contributed by atoms with Gasteiger partial charge in [-0.2, -0.15) is 0 Å². The van der Waals surface area contributed by atoms with Gasteiger partial charge in [-0.3, -0.25) is 4.98 Å². The summed E-state index contributed by atoms with van der Waals surface area (Å²) < 4.78 is 5.67. The SMILES string of the molecule is CN(C)CCN(Cc1ccccn1)C(=O)Nc1cc(Cl)cc2c1OCC2. The second kappa shape index (κ2) is 8.38. The third kappa shape index (κ3) is 4.65. The molecule has 0 radical (unpaired) electrons. The number of urea groups is 1. The highest BCUT2D eigenvalue weighted by Crippen LogP contribution is 2.36. The Labute approximate surface area is 158 Å². The van der Waals surface area contributed by atoms with Crippen LogP contribution in [-0.4, -0.2) is 54.6 Å². The molecule has 1 aliphatic rings. The normalized spacial score (nSPS) is 12.6. The van der Waals surface area contributed by atoms with Gasteiger partial charge in [-0.05, 0) is 38.4 Å². The summed E-state index contributed by atoms with van der Waals surface area (Å²) in [5.41, 5.74) is 2.48. The first-order chi connectivity index (χ1) is 12.5. The first kappa shape index (κ1) is 18.5. The van der Waals surface area contributed by atoms with Crippen molar-refractivity contribution in [3.05, 3.63) is 52.8 Å². The maximum Gasteiger partial charge on any atom is 0.322 e. The van der Waals surface area contributed by atoms with E-state index in [0.29, 0.717) is 36.2 Å². The number of carbonyl (C=O) groups excluding carboxylic acids is 1. The standard InChI is InChI=1S/C19H23ClN4O2/c1-23(2)8-9-24(13-16-5-3-4-7-21-16)19(25)22-17-12-15(20)11-14-6-10-26-18(14)17/h3-5,7,11-12H,6,8-10,13H2,1-2H3,(H,22,25). The lowest BCUT2D eigenvalue weighted by atomic mass is 10.1. The number of benzene rings is 1. The number of aromatic nitrogens is 1. The molecule has 138 valence electrons. The molecule has 1 aromatic heterocycles.